The van der Waals surface area contributed by atoms with Crippen molar-refractivity contribution in [3.63, 3.8) is 0 Å². The van der Waals surface area contributed by atoms with Crippen molar-refractivity contribution in [2.45, 2.75) is 32.2 Å². The van der Waals surface area contributed by atoms with Crippen LogP contribution in [0.3, 0.4) is 0 Å². The highest BCUT2D eigenvalue weighted by Crippen LogP contribution is 2.24. The van der Waals surface area contributed by atoms with E-state index in [4.69, 9.17) is 4.52 Å². The molecular formula is C14H19N3O3S. The number of hydrogen-bond donors (Lipinski definition) is 2. The van der Waals surface area contributed by atoms with Gasteiger partial charge in [0.2, 0.25) is 10.0 Å². The number of nitrogens with one attached hydrogen (secondary N) is 2. The van der Waals surface area contributed by atoms with E-state index in [0.29, 0.717) is 27.5 Å². The summed E-state index contributed by atoms with van der Waals surface area (Å²) in [7, 11) is -1.80. The predicted octanol–water partition coefficient (Wildman–Crippen LogP) is 2.12. The molecule has 0 spiro atoms. The van der Waals surface area contributed by atoms with Crippen molar-refractivity contribution in [2.75, 3.05) is 12.4 Å². The van der Waals surface area contributed by atoms with Crippen LogP contribution in [-0.4, -0.2) is 20.6 Å². The molecule has 7 heteroatoms. The maximum atomic E-state index is 12.5. The second kappa shape index (κ2) is 5.87. The summed E-state index contributed by atoms with van der Waals surface area (Å²) in [6.07, 6.45) is 0. The number of aryl methyl sites for hydroxylation is 3. The molecule has 0 saturated carbocycles. The first-order valence-electron chi connectivity index (χ1n) is 6.54. The van der Waals surface area contributed by atoms with Crippen molar-refractivity contribution >= 4 is 15.7 Å². The minimum absolute atomic E-state index is 0.104. The van der Waals surface area contributed by atoms with Crippen LogP contribution in [0, 0.1) is 20.8 Å². The van der Waals surface area contributed by atoms with Crippen LogP contribution in [0.1, 0.15) is 22.6 Å². The van der Waals surface area contributed by atoms with Gasteiger partial charge in [-0.25, -0.2) is 13.1 Å². The maximum Gasteiger partial charge on any atom is 0.241 e. The molecule has 0 aliphatic rings. The number of rotatable bonds is 5. The fourth-order valence-electron chi connectivity index (χ4n) is 2.26. The summed E-state index contributed by atoms with van der Waals surface area (Å²) in [6.45, 7) is 5.42. The minimum atomic E-state index is -3.59. The summed E-state index contributed by atoms with van der Waals surface area (Å²) in [6, 6.07) is 5.32. The molecule has 2 rings (SSSR count). The van der Waals surface area contributed by atoms with Crippen LogP contribution in [0.2, 0.25) is 0 Å². The van der Waals surface area contributed by atoms with Gasteiger partial charge in [-0.2, -0.15) is 0 Å². The zero-order chi connectivity index (χ0) is 15.6. The topological polar surface area (TPSA) is 84.2 Å². The molecule has 21 heavy (non-hydrogen) atoms. The molecule has 1 aromatic heterocycles. The van der Waals surface area contributed by atoms with Gasteiger partial charge in [-0.05, 0) is 44.0 Å². The predicted molar refractivity (Wildman–Crippen MR) is 80.7 cm³/mol. The fourth-order valence-corrected chi connectivity index (χ4v) is 3.71. The van der Waals surface area contributed by atoms with Crippen molar-refractivity contribution in [1.82, 2.24) is 9.88 Å². The number of aromatic nitrogens is 1. The number of nitrogens with zero attached hydrogens (tertiary/aromatic N) is 1. The third-order valence-corrected chi connectivity index (χ3v) is 4.84. The Balaban J connectivity index is 2.27. The Morgan fingerprint density at radius 3 is 2.24 bits per heavy atom. The zero-order valence-corrected chi connectivity index (χ0v) is 13.3. The van der Waals surface area contributed by atoms with Crippen LogP contribution in [0.15, 0.2) is 27.6 Å². The van der Waals surface area contributed by atoms with E-state index in [2.05, 4.69) is 15.2 Å². The number of hydrogen-bond acceptors (Lipinski definition) is 5. The molecule has 0 fully saturated rings. The highest BCUT2D eigenvalue weighted by Gasteiger charge is 2.20. The highest BCUT2D eigenvalue weighted by atomic mass is 32.2. The van der Waals surface area contributed by atoms with E-state index < -0.39 is 10.0 Å². The monoisotopic (exact) mass is 309 g/mol. The minimum Gasteiger partial charge on any atom is -0.388 e. The summed E-state index contributed by atoms with van der Waals surface area (Å²) in [5.41, 5.74) is 2.83. The van der Waals surface area contributed by atoms with Crippen LogP contribution < -0.4 is 10.0 Å². The highest BCUT2D eigenvalue weighted by molar-refractivity contribution is 7.89. The molecule has 1 heterocycles. The fraction of sp³-hybridized carbons (Fsp3) is 0.357. The third kappa shape index (κ3) is 3.43. The van der Waals surface area contributed by atoms with E-state index in [1.54, 1.807) is 33.9 Å². The average Bonchev–Trinajstić information content (AvgIpc) is 2.81. The van der Waals surface area contributed by atoms with Gasteiger partial charge in [0.15, 0.2) is 0 Å². The summed E-state index contributed by atoms with van der Waals surface area (Å²) in [4.78, 5) is 0.307. The quantitative estimate of drug-likeness (QED) is 0.884. The molecule has 0 aliphatic carbocycles. The average molecular weight is 309 g/mol. The number of anilines is 1. The third-order valence-electron chi connectivity index (χ3n) is 3.14. The Labute approximate surface area is 124 Å². The van der Waals surface area contributed by atoms with Gasteiger partial charge in [0.05, 0.1) is 17.1 Å². The molecule has 0 atom stereocenters. The van der Waals surface area contributed by atoms with Crippen LogP contribution >= 0.6 is 0 Å². The summed E-state index contributed by atoms with van der Waals surface area (Å²) < 4.78 is 32.4. The van der Waals surface area contributed by atoms with Crippen molar-refractivity contribution in [3.05, 3.63) is 40.8 Å². The van der Waals surface area contributed by atoms with Crippen molar-refractivity contribution in [2.24, 2.45) is 0 Å². The van der Waals surface area contributed by atoms with Gasteiger partial charge in [-0.3, -0.25) is 0 Å². The molecule has 0 aliphatic heterocycles. The maximum absolute atomic E-state index is 12.5. The van der Waals surface area contributed by atoms with E-state index in [9.17, 15) is 8.42 Å². The van der Waals surface area contributed by atoms with Crippen molar-refractivity contribution < 1.29 is 12.9 Å². The number of sulfonamides is 1. The van der Waals surface area contributed by atoms with E-state index >= 15 is 0 Å². The first kappa shape index (κ1) is 15.5. The molecule has 6 nitrogen and oxygen atoms in total. The normalized spacial score (nSPS) is 11.6. The molecule has 0 unspecified atom stereocenters. The molecule has 114 valence electrons. The van der Waals surface area contributed by atoms with Crippen molar-refractivity contribution in [1.29, 1.82) is 0 Å². The van der Waals surface area contributed by atoms with E-state index in [1.807, 2.05) is 12.1 Å². The van der Waals surface area contributed by atoms with Crippen LogP contribution in [0.5, 0.6) is 0 Å². The lowest BCUT2D eigenvalue weighted by Gasteiger charge is -2.13. The van der Waals surface area contributed by atoms with Gasteiger partial charge in [0.25, 0.3) is 0 Å². The van der Waals surface area contributed by atoms with Gasteiger partial charge in [-0.1, -0.05) is 5.16 Å². The molecular weight excluding hydrogens is 290 g/mol. The van der Waals surface area contributed by atoms with Gasteiger partial charge in [0.1, 0.15) is 5.76 Å². The Morgan fingerprint density at radius 1 is 1.14 bits per heavy atom. The van der Waals surface area contributed by atoms with Gasteiger partial charge in [-0.15, -0.1) is 0 Å². The first-order valence-corrected chi connectivity index (χ1v) is 8.02. The molecule has 1 aromatic carbocycles. The van der Waals surface area contributed by atoms with Gasteiger partial charge in [0, 0.05) is 18.8 Å². The Kier molecular flexibility index (Phi) is 4.34. The largest absolute Gasteiger partial charge is 0.388 e. The number of benzene rings is 1. The standard InChI is InChI=1S/C14H19N3O3S/c1-9-5-12(15-4)6-10(2)14(9)21(18,19)16-8-13-7-11(3)20-17-13/h5-7,15-16H,8H2,1-4H3. The van der Waals surface area contributed by atoms with E-state index in [1.165, 1.54) is 0 Å². The summed E-state index contributed by atoms with van der Waals surface area (Å²) >= 11 is 0. The molecule has 0 amide bonds. The van der Waals surface area contributed by atoms with Gasteiger partial charge < -0.3 is 9.84 Å². The Hall–Kier alpha value is -1.86. The lowest BCUT2D eigenvalue weighted by atomic mass is 10.1. The SMILES string of the molecule is CNc1cc(C)c(S(=O)(=O)NCc2cc(C)on2)c(C)c1. The Morgan fingerprint density at radius 2 is 1.76 bits per heavy atom. The van der Waals surface area contributed by atoms with E-state index in [-0.39, 0.29) is 6.54 Å². The Bertz CT molecular complexity index is 728. The first-order chi connectivity index (χ1) is 9.83. The van der Waals surface area contributed by atoms with E-state index in [0.717, 1.165) is 5.69 Å². The van der Waals surface area contributed by atoms with Crippen molar-refractivity contribution in [3.8, 4) is 0 Å². The van der Waals surface area contributed by atoms with Crippen LogP contribution in [-0.2, 0) is 16.6 Å². The van der Waals surface area contributed by atoms with Crippen LogP contribution in [0.25, 0.3) is 0 Å². The molecule has 0 radical (unpaired) electrons. The van der Waals surface area contributed by atoms with Crippen LogP contribution in [0.4, 0.5) is 5.69 Å². The van der Waals surface area contributed by atoms with Gasteiger partial charge >= 0.3 is 0 Å². The smallest absolute Gasteiger partial charge is 0.241 e. The zero-order valence-electron chi connectivity index (χ0n) is 12.5. The summed E-state index contributed by atoms with van der Waals surface area (Å²) in [5, 5.41) is 6.78. The molecule has 2 aromatic rings. The lowest BCUT2D eigenvalue weighted by molar-refractivity contribution is 0.390. The molecule has 0 bridgehead atoms. The second-order valence-electron chi connectivity index (χ2n) is 4.94. The lowest BCUT2D eigenvalue weighted by Crippen LogP contribution is -2.25. The molecule has 0 saturated heterocycles. The second-order valence-corrected chi connectivity index (χ2v) is 6.65. The molecule has 2 N–H and O–H groups in total. The summed E-state index contributed by atoms with van der Waals surface area (Å²) in [5.74, 6) is 0.648.